The van der Waals surface area contributed by atoms with E-state index in [-0.39, 0.29) is 0 Å². The Morgan fingerprint density at radius 2 is 1.73 bits per heavy atom. The zero-order chi connectivity index (χ0) is 10.5. The highest BCUT2D eigenvalue weighted by Crippen LogP contribution is 2.07. The van der Waals surface area contributed by atoms with Crippen molar-refractivity contribution in [1.29, 1.82) is 0 Å². The summed E-state index contributed by atoms with van der Waals surface area (Å²) in [6.45, 7) is 5.23. The van der Waals surface area contributed by atoms with Gasteiger partial charge in [0.25, 0.3) is 0 Å². The van der Waals surface area contributed by atoms with Crippen LogP contribution in [0.1, 0.15) is 5.56 Å². The van der Waals surface area contributed by atoms with Crippen molar-refractivity contribution in [2.75, 3.05) is 33.3 Å². The van der Waals surface area contributed by atoms with Crippen LogP contribution in [0.5, 0.6) is 0 Å². The Morgan fingerprint density at radius 3 is 2.33 bits per heavy atom. The van der Waals surface area contributed by atoms with E-state index in [9.17, 15) is 0 Å². The number of hydrogen-bond donors (Lipinski definition) is 0. The van der Waals surface area contributed by atoms with Crippen LogP contribution in [0.15, 0.2) is 30.3 Å². The molecule has 0 aliphatic carbocycles. The second-order valence-electron chi connectivity index (χ2n) is 3.87. The van der Waals surface area contributed by atoms with Gasteiger partial charge in [-0.1, -0.05) is 30.3 Å². The van der Waals surface area contributed by atoms with Crippen LogP contribution in [0.2, 0.25) is 0 Å². The van der Waals surface area contributed by atoms with Gasteiger partial charge in [-0.2, -0.15) is 5.06 Å². The molecular formula is C12H18N2O. The van der Waals surface area contributed by atoms with Gasteiger partial charge in [-0.05, 0) is 5.56 Å². The first-order valence-electron chi connectivity index (χ1n) is 5.44. The molecule has 0 bridgehead atoms. The van der Waals surface area contributed by atoms with Crippen LogP contribution >= 0.6 is 0 Å². The van der Waals surface area contributed by atoms with Crippen LogP contribution in [-0.2, 0) is 11.4 Å². The van der Waals surface area contributed by atoms with Crippen LogP contribution in [0.4, 0.5) is 0 Å². The first-order valence-corrected chi connectivity index (χ1v) is 5.44. The minimum absolute atomic E-state index is 1.00. The van der Waals surface area contributed by atoms with Crippen molar-refractivity contribution in [1.82, 2.24) is 9.96 Å². The predicted octanol–water partition coefficient (Wildman–Crippen LogP) is 1.37. The number of hydrogen-bond acceptors (Lipinski definition) is 3. The van der Waals surface area contributed by atoms with Crippen molar-refractivity contribution in [3.8, 4) is 0 Å². The van der Waals surface area contributed by atoms with Crippen molar-refractivity contribution in [2.24, 2.45) is 0 Å². The quantitative estimate of drug-likeness (QED) is 0.743. The molecule has 1 saturated heterocycles. The van der Waals surface area contributed by atoms with E-state index in [1.165, 1.54) is 5.56 Å². The molecule has 1 aliphatic rings. The lowest BCUT2D eigenvalue weighted by Gasteiger charge is -2.33. The summed E-state index contributed by atoms with van der Waals surface area (Å²) in [5, 5.41) is 2.02. The maximum absolute atomic E-state index is 5.20. The summed E-state index contributed by atoms with van der Waals surface area (Å²) in [5.74, 6) is 0. The second kappa shape index (κ2) is 5.26. The molecule has 0 unspecified atom stereocenters. The first kappa shape index (κ1) is 10.6. The zero-order valence-corrected chi connectivity index (χ0v) is 9.22. The summed E-state index contributed by atoms with van der Waals surface area (Å²) < 4.78 is 0. The Kier molecular flexibility index (Phi) is 3.72. The van der Waals surface area contributed by atoms with Crippen molar-refractivity contribution in [2.45, 2.75) is 6.54 Å². The number of nitrogens with zero attached hydrogens (tertiary/aromatic N) is 2. The van der Waals surface area contributed by atoms with Gasteiger partial charge in [0, 0.05) is 32.7 Å². The lowest BCUT2D eigenvalue weighted by Crippen LogP contribution is -2.45. The van der Waals surface area contributed by atoms with Crippen LogP contribution in [-0.4, -0.2) is 43.3 Å². The van der Waals surface area contributed by atoms with Crippen molar-refractivity contribution >= 4 is 0 Å². The highest BCUT2D eigenvalue weighted by molar-refractivity contribution is 5.14. The summed E-state index contributed by atoms with van der Waals surface area (Å²) in [6.07, 6.45) is 0. The van der Waals surface area contributed by atoms with Crippen LogP contribution in [0.3, 0.4) is 0 Å². The molecule has 2 rings (SSSR count). The number of rotatable bonds is 3. The molecule has 0 saturated carbocycles. The van der Waals surface area contributed by atoms with E-state index in [1.807, 2.05) is 5.06 Å². The minimum atomic E-state index is 1.00. The van der Waals surface area contributed by atoms with Gasteiger partial charge in [-0.15, -0.1) is 0 Å². The van der Waals surface area contributed by atoms with Gasteiger partial charge in [0.05, 0.1) is 7.11 Å². The van der Waals surface area contributed by atoms with E-state index in [2.05, 4.69) is 35.2 Å². The largest absolute Gasteiger partial charge is 0.302 e. The third kappa shape index (κ3) is 3.02. The van der Waals surface area contributed by atoms with E-state index >= 15 is 0 Å². The Bertz CT molecular complexity index is 281. The summed E-state index contributed by atoms with van der Waals surface area (Å²) in [4.78, 5) is 7.66. The second-order valence-corrected chi connectivity index (χ2v) is 3.87. The number of benzene rings is 1. The molecule has 0 amide bonds. The average molecular weight is 206 g/mol. The van der Waals surface area contributed by atoms with Gasteiger partial charge >= 0.3 is 0 Å². The van der Waals surface area contributed by atoms with Crippen molar-refractivity contribution < 1.29 is 4.84 Å². The lowest BCUT2D eigenvalue weighted by atomic mass is 10.2. The molecule has 0 aromatic heterocycles. The first-order chi connectivity index (χ1) is 7.38. The number of hydroxylamine groups is 2. The van der Waals surface area contributed by atoms with Gasteiger partial charge < -0.3 is 4.84 Å². The molecule has 0 atom stereocenters. The summed E-state index contributed by atoms with van der Waals surface area (Å²) >= 11 is 0. The Labute approximate surface area is 91.2 Å². The molecular weight excluding hydrogens is 188 g/mol. The van der Waals surface area contributed by atoms with Crippen LogP contribution < -0.4 is 0 Å². The van der Waals surface area contributed by atoms with Crippen molar-refractivity contribution in [3.63, 3.8) is 0 Å². The topological polar surface area (TPSA) is 15.7 Å². The standard InChI is InChI=1S/C12H18N2O/c1-15-14-9-7-13(8-10-14)11-12-5-3-2-4-6-12/h2-6H,7-11H2,1H3. The summed E-state index contributed by atoms with van der Waals surface area (Å²) in [6, 6.07) is 10.6. The SMILES string of the molecule is CON1CCN(Cc2ccccc2)CC1. The summed E-state index contributed by atoms with van der Waals surface area (Å²) in [7, 11) is 1.74. The minimum Gasteiger partial charge on any atom is -0.302 e. The third-order valence-corrected chi connectivity index (χ3v) is 2.84. The van der Waals surface area contributed by atoms with Gasteiger partial charge in [-0.25, -0.2) is 0 Å². The normalized spacial score (nSPS) is 19.3. The monoisotopic (exact) mass is 206 g/mol. The van der Waals surface area contributed by atoms with Gasteiger partial charge in [0.15, 0.2) is 0 Å². The molecule has 0 radical (unpaired) electrons. The lowest BCUT2D eigenvalue weighted by molar-refractivity contribution is -0.152. The third-order valence-electron chi connectivity index (χ3n) is 2.84. The van der Waals surface area contributed by atoms with Gasteiger partial charge in [-0.3, -0.25) is 4.90 Å². The molecule has 1 fully saturated rings. The van der Waals surface area contributed by atoms with Gasteiger partial charge in [0.2, 0.25) is 0 Å². The molecule has 3 nitrogen and oxygen atoms in total. The highest BCUT2D eigenvalue weighted by Gasteiger charge is 2.15. The van der Waals surface area contributed by atoms with Crippen LogP contribution in [0, 0.1) is 0 Å². The maximum Gasteiger partial charge on any atom is 0.0575 e. The fourth-order valence-electron chi connectivity index (χ4n) is 1.91. The molecule has 1 aromatic rings. The molecule has 82 valence electrons. The van der Waals surface area contributed by atoms with Crippen molar-refractivity contribution in [3.05, 3.63) is 35.9 Å². The predicted molar refractivity (Wildman–Crippen MR) is 60.3 cm³/mol. The van der Waals surface area contributed by atoms with E-state index < -0.39 is 0 Å². The van der Waals surface area contributed by atoms with Gasteiger partial charge in [0.1, 0.15) is 0 Å². The van der Waals surface area contributed by atoms with E-state index in [4.69, 9.17) is 4.84 Å². The fourth-order valence-corrected chi connectivity index (χ4v) is 1.91. The smallest absolute Gasteiger partial charge is 0.0575 e. The fraction of sp³-hybridized carbons (Fsp3) is 0.500. The van der Waals surface area contributed by atoms with E-state index in [0.717, 1.165) is 32.7 Å². The van der Waals surface area contributed by atoms with E-state index in [1.54, 1.807) is 7.11 Å². The molecule has 1 aliphatic heterocycles. The highest BCUT2D eigenvalue weighted by atomic mass is 16.7. The molecule has 15 heavy (non-hydrogen) atoms. The Hall–Kier alpha value is -0.900. The Balaban J connectivity index is 1.82. The molecule has 0 spiro atoms. The maximum atomic E-state index is 5.20. The molecule has 1 aromatic carbocycles. The average Bonchev–Trinajstić information content (AvgIpc) is 2.31. The van der Waals surface area contributed by atoms with Crippen LogP contribution in [0.25, 0.3) is 0 Å². The molecule has 1 heterocycles. The van der Waals surface area contributed by atoms with E-state index in [0.29, 0.717) is 0 Å². The zero-order valence-electron chi connectivity index (χ0n) is 9.22. The molecule has 0 N–H and O–H groups in total. The number of piperazine rings is 1. The Morgan fingerprint density at radius 1 is 1.07 bits per heavy atom. The summed E-state index contributed by atoms with van der Waals surface area (Å²) in [5.41, 5.74) is 1.39. The molecule has 3 heteroatoms.